The molecule has 5 rings (SSSR count). The molecule has 0 spiro atoms. The van der Waals surface area contributed by atoms with Crippen LogP contribution in [0.25, 0.3) is 0 Å². The average molecular weight is 650 g/mol. The van der Waals surface area contributed by atoms with Gasteiger partial charge in [-0.3, -0.25) is 10.1 Å². The van der Waals surface area contributed by atoms with E-state index in [1.165, 1.54) is 43.2 Å². The first-order chi connectivity index (χ1) is 23.6. The van der Waals surface area contributed by atoms with Gasteiger partial charge in [-0.1, -0.05) is 98.6 Å². The number of fused-ring (bicyclic) bond motifs is 1. The van der Waals surface area contributed by atoms with Crippen molar-refractivity contribution in [3.8, 4) is 11.5 Å². The SMILES string of the molecule is CCCN(CCCCCCNCCc1ccc([N+](=O)[O-])cc1)[C@H]1CCc2c(ccc(OCc3ccccc3)c2OCc2ccccc2)C1. The topological polar surface area (TPSA) is 76.9 Å². The quantitative estimate of drug-likeness (QED) is 0.0586. The molecule has 4 aromatic carbocycles. The molecule has 0 radical (unpaired) electrons. The number of nitrogens with zero attached hydrogens (tertiary/aromatic N) is 2. The third kappa shape index (κ3) is 10.7. The summed E-state index contributed by atoms with van der Waals surface area (Å²) < 4.78 is 12.9. The Labute approximate surface area is 286 Å². The van der Waals surface area contributed by atoms with Gasteiger partial charge in [-0.2, -0.15) is 0 Å². The summed E-state index contributed by atoms with van der Waals surface area (Å²) in [7, 11) is 0. The van der Waals surface area contributed by atoms with Crippen LogP contribution in [0.15, 0.2) is 97.1 Å². The van der Waals surface area contributed by atoms with E-state index in [1.54, 1.807) is 12.1 Å². The average Bonchev–Trinajstić information content (AvgIpc) is 3.12. The smallest absolute Gasteiger partial charge is 0.269 e. The van der Waals surface area contributed by atoms with Gasteiger partial charge in [0.25, 0.3) is 5.69 Å². The number of non-ortho nitro benzene ring substituents is 1. The third-order valence-corrected chi connectivity index (χ3v) is 9.28. The fourth-order valence-electron chi connectivity index (χ4n) is 6.65. The lowest BCUT2D eigenvalue weighted by Gasteiger charge is -2.36. The highest BCUT2D eigenvalue weighted by Gasteiger charge is 2.27. The van der Waals surface area contributed by atoms with Gasteiger partial charge < -0.3 is 19.7 Å². The van der Waals surface area contributed by atoms with Gasteiger partial charge >= 0.3 is 0 Å². The van der Waals surface area contributed by atoms with Crippen LogP contribution < -0.4 is 14.8 Å². The highest BCUT2D eigenvalue weighted by Crippen LogP contribution is 2.39. The van der Waals surface area contributed by atoms with Crippen molar-refractivity contribution >= 4 is 5.69 Å². The van der Waals surface area contributed by atoms with E-state index >= 15 is 0 Å². The maximum absolute atomic E-state index is 10.8. The second-order valence-corrected chi connectivity index (χ2v) is 12.8. The summed E-state index contributed by atoms with van der Waals surface area (Å²) in [6.07, 6.45) is 10.1. The van der Waals surface area contributed by atoms with Crippen molar-refractivity contribution in [2.24, 2.45) is 0 Å². The summed E-state index contributed by atoms with van der Waals surface area (Å²) in [6.45, 7) is 7.53. The number of nitro groups is 1. The Hall–Kier alpha value is -4.20. The molecule has 1 atom stereocenters. The molecular weight excluding hydrogens is 598 g/mol. The van der Waals surface area contributed by atoms with Crippen molar-refractivity contribution < 1.29 is 14.4 Å². The Kier molecular flexibility index (Phi) is 13.9. The monoisotopic (exact) mass is 649 g/mol. The van der Waals surface area contributed by atoms with Crippen LogP contribution in [0.5, 0.6) is 11.5 Å². The Balaban J connectivity index is 1.09. The minimum atomic E-state index is -0.351. The van der Waals surface area contributed by atoms with E-state index in [0.29, 0.717) is 19.3 Å². The summed E-state index contributed by atoms with van der Waals surface area (Å²) in [5.41, 5.74) is 6.28. The zero-order valence-corrected chi connectivity index (χ0v) is 28.4. The van der Waals surface area contributed by atoms with Crippen molar-refractivity contribution in [2.45, 2.75) is 84.0 Å². The van der Waals surface area contributed by atoms with Crippen LogP contribution in [-0.4, -0.2) is 42.0 Å². The number of benzene rings is 4. The van der Waals surface area contributed by atoms with E-state index in [0.717, 1.165) is 80.1 Å². The molecule has 0 saturated carbocycles. The van der Waals surface area contributed by atoms with Gasteiger partial charge in [0.05, 0.1) is 4.92 Å². The Bertz CT molecular complexity index is 1530. The van der Waals surface area contributed by atoms with E-state index in [4.69, 9.17) is 9.47 Å². The maximum atomic E-state index is 10.8. The number of hydrogen-bond acceptors (Lipinski definition) is 6. The molecule has 0 aliphatic heterocycles. The number of nitrogens with one attached hydrogen (secondary N) is 1. The summed E-state index contributed by atoms with van der Waals surface area (Å²) in [6, 6.07) is 32.5. The summed E-state index contributed by atoms with van der Waals surface area (Å²) in [5.74, 6) is 1.74. The lowest BCUT2D eigenvalue weighted by atomic mass is 9.86. The molecule has 1 N–H and O–H groups in total. The van der Waals surface area contributed by atoms with Gasteiger partial charge in [0.15, 0.2) is 11.5 Å². The fraction of sp³-hybridized carbons (Fsp3) is 0.415. The summed E-state index contributed by atoms with van der Waals surface area (Å²) in [5, 5.41) is 14.4. The van der Waals surface area contributed by atoms with Crippen molar-refractivity contribution in [1.29, 1.82) is 0 Å². The number of hydrogen-bond donors (Lipinski definition) is 1. The largest absolute Gasteiger partial charge is 0.485 e. The van der Waals surface area contributed by atoms with Crippen LogP contribution in [-0.2, 0) is 32.5 Å². The van der Waals surface area contributed by atoms with Gasteiger partial charge in [0.1, 0.15) is 13.2 Å². The molecule has 0 unspecified atom stereocenters. The molecule has 7 heteroatoms. The predicted molar refractivity (Wildman–Crippen MR) is 194 cm³/mol. The van der Waals surface area contributed by atoms with Crippen molar-refractivity contribution in [3.05, 3.63) is 135 Å². The van der Waals surface area contributed by atoms with E-state index in [9.17, 15) is 10.1 Å². The van der Waals surface area contributed by atoms with E-state index in [-0.39, 0.29) is 10.6 Å². The summed E-state index contributed by atoms with van der Waals surface area (Å²) >= 11 is 0. The van der Waals surface area contributed by atoms with Crippen molar-refractivity contribution in [3.63, 3.8) is 0 Å². The highest BCUT2D eigenvalue weighted by molar-refractivity contribution is 5.52. The maximum Gasteiger partial charge on any atom is 0.269 e. The molecule has 1 aliphatic carbocycles. The first-order valence-electron chi connectivity index (χ1n) is 17.8. The zero-order valence-electron chi connectivity index (χ0n) is 28.4. The molecule has 48 heavy (non-hydrogen) atoms. The second kappa shape index (κ2) is 19.0. The number of rotatable bonds is 20. The number of ether oxygens (including phenoxy) is 2. The highest BCUT2D eigenvalue weighted by atomic mass is 16.6. The normalized spacial score (nSPS) is 14.1. The molecule has 1 aliphatic rings. The van der Waals surface area contributed by atoms with E-state index in [1.807, 2.05) is 36.4 Å². The second-order valence-electron chi connectivity index (χ2n) is 12.8. The van der Waals surface area contributed by atoms with Crippen LogP contribution in [0.4, 0.5) is 5.69 Å². The van der Waals surface area contributed by atoms with Gasteiger partial charge in [-0.25, -0.2) is 0 Å². The standard InChI is InChI=1S/C41H51N3O4/c1-2-28-43(29-12-4-3-11-26-42-27-25-33-17-20-37(21-18-33)44(45)46)38-22-23-39-36(30-38)19-24-40(47-31-34-13-7-5-8-14-34)41(39)48-32-35-15-9-6-10-16-35/h5-10,13-21,24,38,42H,2-4,11-12,22-23,25-32H2,1H3/t38-/m0/s1. The van der Waals surface area contributed by atoms with Crippen LogP contribution in [0.1, 0.15) is 73.3 Å². The molecular formula is C41H51N3O4. The Morgan fingerprint density at radius 1 is 0.771 bits per heavy atom. The van der Waals surface area contributed by atoms with Crippen LogP contribution in [0.3, 0.4) is 0 Å². The van der Waals surface area contributed by atoms with Crippen LogP contribution >= 0.6 is 0 Å². The van der Waals surface area contributed by atoms with Gasteiger partial charge in [-0.15, -0.1) is 0 Å². The van der Waals surface area contributed by atoms with Crippen LogP contribution in [0.2, 0.25) is 0 Å². The lowest BCUT2D eigenvalue weighted by molar-refractivity contribution is -0.384. The third-order valence-electron chi connectivity index (χ3n) is 9.28. The van der Waals surface area contributed by atoms with E-state index in [2.05, 4.69) is 65.7 Å². The van der Waals surface area contributed by atoms with E-state index < -0.39 is 0 Å². The zero-order chi connectivity index (χ0) is 33.4. The molecule has 0 heterocycles. The van der Waals surface area contributed by atoms with Crippen molar-refractivity contribution in [1.82, 2.24) is 10.2 Å². The first-order valence-corrected chi connectivity index (χ1v) is 17.8. The number of unbranched alkanes of at least 4 members (excludes halogenated alkanes) is 3. The lowest BCUT2D eigenvalue weighted by Crippen LogP contribution is -2.40. The van der Waals surface area contributed by atoms with Gasteiger partial charge in [0, 0.05) is 23.7 Å². The molecule has 0 amide bonds. The van der Waals surface area contributed by atoms with Gasteiger partial charge in [0.2, 0.25) is 0 Å². The fourth-order valence-corrected chi connectivity index (χ4v) is 6.65. The molecule has 7 nitrogen and oxygen atoms in total. The van der Waals surface area contributed by atoms with Gasteiger partial charge in [-0.05, 0) is 99.4 Å². The molecule has 0 fully saturated rings. The molecule has 0 bridgehead atoms. The molecule has 254 valence electrons. The minimum absolute atomic E-state index is 0.148. The first kappa shape index (κ1) is 35.1. The Morgan fingerprint density at radius 3 is 2.15 bits per heavy atom. The minimum Gasteiger partial charge on any atom is -0.485 e. The summed E-state index contributed by atoms with van der Waals surface area (Å²) in [4.78, 5) is 13.2. The van der Waals surface area contributed by atoms with Crippen LogP contribution in [0, 0.1) is 10.1 Å². The number of nitro benzene ring substituents is 1. The molecule has 0 aromatic heterocycles. The molecule has 0 saturated heterocycles. The van der Waals surface area contributed by atoms with Crippen molar-refractivity contribution in [2.75, 3.05) is 26.2 Å². The Morgan fingerprint density at radius 2 is 1.46 bits per heavy atom. The molecule has 4 aromatic rings. The predicted octanol–water partition coefficient (Wildman–Crippen LogP) is 8.71.